The Balaban J connectivity index is 1.81. The summed E-state index contributed by atoms with van der Waals surface area (Å²) in [7, 11) is 0.549. The molecule has 0 N–H and O–H groups in total. The Kier molecular flexibility index (Phi) is 4.30. The van der Waals surface area contributed by atoms with E-state index in [1.165, 1.54) is 57.1 Å². The minimum atomic E-state index is 0.549. The summed E-state index contributed by atoms with van der Waals surface area (Å²) in [5.74, 6) is 2.52. The molecule has 1 saturated heterocycles. The van der Waals surface area contributed by atoms with E-state index in [4.69, 9.17) is 0 Å². The predicted molar refractivity (Wildman–Crippen MR) is 81.2 cm³/mol. The van der Waals surface area contributed by atoms with E-state index in [1.54, 1.807) is 4.90 Å². The average Bonchev–Trinajstić information content (AvgIpc) is 2.55. The Labute approximate surface area is 115 Å². The maximum Gasteiger partial charge on any atom is 0.155 e. The van der Waals surface area contributed by atoms with Gasteiger partial charge in [0, 0.05) is 10.9 Å². The minimum absolute atomic E-state index is 0.549. The third-order valence-corrected chi connectivity index (χ3v) is 7.56. The normalized spacial score (nSPS) is 33.2. The topological polar surface area (TPSA) is 0 Å². The summed E-state index contributed by atoms with van der Waals surface area (Å²) in [4.78, 5) is 1.64. The smallest absolute Gasteiger partial charge is 0.0619 e. The average molecular weight is 261 g/mol. The fraction of sp³-hybridized carbons (Fsp3) is 0.647. The molecule has 0 nitrogen and oxygen atoms in total. The van der Waals surface area contributed by atoms with Crippen LogP contribution in [-0.2, 0) is 10.9 Å². The summed E-state index contributed by atoms with van der Waals surface area (Å²) < 4.78 is 0. The monoisotopic (exact) mass is 261 g/mol. The van der Waals surface area contributed by atoms with Crippen LogP contribution in [0.5, 0.6) is 0 Å². The van der Waals surface area contributed by atoms with Crippen LogP contribution in [0.4, 0.5) is 0 Å². The first-order valence-corrected chi connectivity index (χ1v) is 9.14. The molecule has 2 fully saturated rings. The van der Waals surface area contributed by atoms with Crippen LogP contribution in [0, 0.1) is 5.92 Å². The molecule has 1 saturated carbocycles. The number of fused-ring (bicyclic) bond motifs is 3. The lowest BCUT2D eigenvalue weighted by Crippen LogP contribution is -2.23. The fourth-order valence-electron chi connectivity index (χ4n) is 3.63. The van der Waals surface area contributed by atoms with Gasteiger partial charge in [-0.1, -0.05) is 37.5 Å². The van der Waals surface area contributed by atoms with Crippen LogP contribution in [0.2, 0.25) is 0 Å². The summed E-state index contributed by atoms with van der Waals surface area (Å²) in [6.07, 6.45) is 12.0. The molecule has 0 spiro atoms. The zero-order valence-corrected chi connectivity index (χ0v) is 12.1. The van der Waals surface area contributed by atoms with E-state index in [9.17, 15) is 0 Å². The Morgan fingerprint density at radius 3 is 2.50 bits per heavy atom. The molecular weight excluding hydrogens is 236 g/mol. The molecule has 1 heterocycles. The van der Waals surface area contributed by atoms with Gasteiger partial charge in [-0.3, -0.25) is 0 Å². The van der Waals surface area contributed by atoms with Crippen LogP contribution >= 0.6 is 0 Å². The minimum Gasteiger partial charge on any atom is -0.0619 e. The van der Waals surface area contributed by atoms with E-state index in [-0.39, 0.29) is 0 Å². The van der Waals surface area contributed by atoms with Crippen molar-refractivity contribution in [2.24, 2.45) is 5.92 Å². The second-order valence-corrected chi connectivity index (χ2v) is 8.34. The Morgan fingerprint density at radius 1 is 0.778 bits per heavy atom. The third-order valence-electron chi connectivity index (χ3n) is 4.73. The van der Waals surface area contributed by atoms with Gasteiger partial charge in [0.2, 0.25) is 0 Å². The number of rotatable bonds is 1. The second kappa shape index (κ2) is 6.14. The Morgan fingerprint density at radius 2 is 1.61 bits per heavy atom. The van der Waals surface area contributed by atoms with Crippen molar-refractivity contribution in [3.63, 3.8) is 0 Å². The zero-order valence-electron chi connectivity index (χ0n) is 11.3. The first-order chi connectivity index (χ1) is 8.93. The van der Waals surface area contributed by atoms with Crippen LogP contribution in [-0.4, -0.2) is 11.0 Å². The van der Waals surface area contributed by atoms with Crippen molar-refractivity contribution in [2.75, 3.05) is 5.75 Å². The molecule has 0 amide bonds. The fourth-order valence-corrected chi connectivity index (χ4v) is 6.55. The summed E-state index contributed by atoms with van der Waals surface area (Å²) in [6, 6.07) is 11.4. The standard InChI is InChI=1S/C17H25S/c1-3-7-15-11-12-17(10-4-1)18(14-13-15)16-8-5-2-6-9-16/h2,5-6,8-9,15,17H,1,3-4,7,10-14H2/q+1. The van der Waals surface area contributed by atoms with Gasteiger partial charge in [-0.2, -0.15) is 0 Å². The molecule has 1 aliphatic carbocycles. The van der Waals surface area contributed by atoms with Crippen LogP contribution in [0.3, 0.4) is 0 Å². The van der Waals surface area contributed by atoms with Crippen LogP contribution in [0.1, 0.15) is 51.4 Å². The summed E-state index contributed by atoms with van der Waals surface area (Å²) in [5.41, 5.74) is 0. The van der Waals surface area contributed by atoms with Crippen LogP contribution in [0.25, 0.3) is 0 Å². The summed E-state index contributed by atoms with van der Waals surface area (Å²) >= 11 is 0. The molecule has 98 valence electrons. The molecule has 1 aromatic carbocycles. The lowest BCUT2D eigenvalue weighted by Gasteiger charge is -2.17. The van der Waals surface area contributed by atoms with Crippen molar-refractivity contribution < 1.29 is 0 Å². The largest absolute Gasteiger partial charge is 0.155 e. The van der Waals surface area contributed by atoms with Crippen molar-refractivity contribution in [1.29, 1.82) is 0 Å². The quantitative estimate of drug-likeness (QED) is 0.637. The second-order valence-electron chi connectivity index (χ2n) is 5.94. The molecule has 1 aromatic rings. The SMILES string of the molecule is c1ccc([S+]2CCC3CCCCCC2CC3)cc1. The first-order valence-electron chi connectivity index (χ1n) is 7.68. The zero-order chi connectivity index (χ0) is 12.2. The van der Waals surface area contributed by atoms with Gasteiger partial charge < -0.3 is 0 Å². The highest BCUT2D eigenvalue weighted by Crippen LogP contribution is 2.36. The van der Waals surface area contributed by atoms with Gasteiger partial charge in [0.1, 0.15) is 11.0 Å². The molecule has 0 aromatic heterocycles. The van der Waals surface area contributed by atoms with E-state index in [0.29, 0.717) is 10.9 Å². The van der Waals surface area contributed by atoms with Crippen molar-refractivity contribution in [1.82, 2.24) is 0 Å². The van der Waals surface area contributed by atoms with Gasteiger partial charge in [-0.25, -0.2) is 0 Å². The number of benzene rings is 1. The number of hydrogen-bond donors (Lipinski definition) is 0. The predicted octanol–water partition coefficient (Wildman–Crippen LogP) is 4.80. The van der Waals surface area contributed by atoms with Crippen molar-refractivity contribution in [3.05, 3.63) is 30.3 Å². The van der Waals surface area contributed by atoms with Crippen molar-refractivity contribution in [3.8, 4) is 0 Å². The summed E-state index contributed by atoms with van der Waals surface area (Å²) in [6.45, 7) is 0. The van der Waals surface area contributed by atoms with Gasteiger partial charge in [0.15, 0.2) is 4.90 Å². The Hall–Kier alpha value is -0.430. The molecule has 2 aliphatic rings. The van der Waals surface area contributed by atoms with Crippen LogP contribution in [0.15, 0.2) is 35.2 Å². The van der Waals surface area contributed by atoms with Crippen molar-refractivity contribution >= 4 is 10.9 Å². The van der Waals surface area contributed by atoms with Crippen LogP contribution < -0.4 is 0 Å². The molecule has 3 atom stereocenters. The molecule has 2 bridgehead atoms. The van der Waals surface area contributed by atoms with E-state index in [0.717, 1.165) is 11.2 Å². The number of hydrogen-bond acceptors (Lipinski definition) is 0. The molecule has 18 heavy (non-hydrogen) atoms. The van der Waals surface area contributed by atoms with Gasteiger partial charge in [0.25, 0.3) is 0 Å². The molecule has 3 rings (SSSR count). The van der Waals surface area contributed by atoms with Gasteiger partial charge in [-0.15, -0.1) is 0 Å². The van der Waals surface area contributed by atoms with Gasteiger partial charge in [0.05, 0.1) is 0 Å². The van der Waals surface area contributed by atoms with Gasteiger partial charge in [-0.05, 0) is 50.2 Å². The maximum absolute atomic E-state index is 2.38. The molecule has 1 aliphatic heterocycles. The molecule has 1 heteroatoms. The first kappa shape index (κ1) is 12.6. The highest BCUT2D eigenvalue weighted by molar-refractivity contribution is 7.97. The van der Waals surface area contributed by atoms with E-state index in [2.05, 4.69) is 30.3 Å². The van der Waals surface area contributed by atoms with Gasteiger partial charge >= 0.3 is 0 Å². The van der Waals surface area contributed by atoms with E-state index >= 15 is 0 Å². The lowest BCUT2D eigenvalue weighted by atomic mass is 9.95. The van der Waals surface area contributed by atoms with E-state index in [1.807, 2.05) is 0 Å². The van der Waals surface area contributed by atoms with Crippen molar-refractivity contribution in [2.45, 2.75) is 61.5 Å². The Bertz CT molecular complexity index is 359. The molecular formula is C17H25S+. The third kappa shape index (κ3) is 2.93. The lowest BCUT2D eigenvalue weighted by molar-refractivity contribution is 0.426. The summed E-state index contributed by atoms with van der Waals surface area (Å²) in [5, 5.41) is 0.996. The highest BCUT2D eigenvalue weighted by atomic mass is 32.2. The molecule has 3 unspecified atom stereocenters. The molecule has 0 radical (unpaired) electrons. The highest BCUT2D eigenvalue weighted by Gasteiger charge is 2.36. The van der Waals surface area contributed by atoms with E-state index < -0.39 is 0 Å². The maximum atomic E-state index is 2.38.